The van der Waals surface area contributed by atoms with Gasteiger partial charge in [-0.15, -0.1) is 0 Å². The average Bonchev–Trinajstić information content (AvgIpc) is 3.25. The molecule has 0 saturated heterocycles. The second-order valence-electron chi connectivity index (χ2n) is 6.35. The summed E-state index contributed by atoms with van der Waals surface area (Å²) < 4.78 is 20.6. The number of fused-ring (bicyclic) bond motifs is 1. The van der Waals surface area contributed by atoms with Crippen molar-refractivity contribution in [1.29, 1.82) is 0 Å². The Bertz CT molecular complexity index is 873. The van der Waals surface area contributed by atoms with Gasteiger partial charge in [-0.3, -0.25) is 4.68 Å². The van der Waals surface area contributed by atoms with Gasteiger partial charge in [0.15, 0.2) is 0 Å². The smallest absolute Gasteiger partial charge is 0.123 e. The van der Waals surface area contributed by atoms with Gasteiger partial charge < -0.3 is 10.1 Å². The van der Waals surface area contributed by atoms with E-state index in [0.717, 1.165) is 29.9 Å². The molecule has 0 fully saturated rings. The molecule has 1 N–H and O–H groups in total. The van der Waals surface area contributed by atoms with E-state index in [1.807, 2.05) is 37.6 Å². The lowest BCUT2D eigenvalue weighted by molar-refractivity contribution is 0.357. The predicted molar refractivity (Wildman–Crippen MR) is 93.9 cm³/mol. The summed E-state index contributed by atoms with van der Waals surface area (Å²) in [7, 11) is 1.89. The normalized spacial score (nSPS) is 14.2. The third kappa shape index (κ3) is 3.42. The van der Waals surface area contributed by atoms with Crippen molar-refractivity contribution in [3.8, 4) is 5.75 Å². The van der Waals surface area contributed by atoms with Crippen molar-refractivity contribution >= 4 is 0 Å². The van der Waals surface area contributed by atoms with E-state index in [1.54, 1.807) is 4.68 Å². The van der Waals surface area contributed by atoms with Gasteiger partial charge in [0.25, 0.3) is 0 Å². The van der Waals surface area contributed by atoms with Crippen LogP contribution in [0.15, 0.2) is 54.9 Å². The molecule has 2 heterocycles. The van der Waals surface area contributed by atoms with E-state index in [2.05, 4.69) is 22.5 Å². The largest absolute Gasteiger partial charge is 0.493 e. The van der Waals surface area contributed by atoms with Crippen LogP contribution in [0.4, 0.5) is 4.39 Å². The van der Waals surface area contributed by atoms with E-state index in [0.29, 0.717) is 6.54 Å². The number of nitrogens with zero attached hydrogens (tertiary/aromatic N) is 2. The number of benzene rings is 2. The minimum Gasteiger partial charge on any atom is -0.493 e. The Kier molecular flexibility index (Phi) is 4.24. The zero-order valence-electron chi connectivity index (χ0n) is 14.1. The van der Waals surface area contributed by atoms with E-state index in [-0.39, 0.29) is 11.9 Å². The maximum absolute atomic E-state index is 13.3. The summed E-state index contributed by atoms with van der Waals surface area (Å²) in [6.07, 6.45) is 4.79. The minimum atomic E-state index is -0.229. The van der Waals surface area contributed by atoms with Gasteiger partial charge in [-0.1, -0.05) is 24.3 Å². The highest BCUT2D eigenvalue weighted by Gasteiger charge is 2.17. The van der Waals surface area contributed by atoms with Gasteiger partial charge in [-0.2, -0.15) is 5.10 Å². The average molecular weight is 337 g/mol. The van der Waals surface area contributed by atoms with Crippen LogP contribution < -0.4 is 10.1 Å². The maximum atomic E-state index is 13.3. The number of aryl methyl sites for hydroxylation is 1. The highest BCUT2D eigenvalue weighted by Crippen LogP contribution is 2.27. The number of hydrogen-bond acceptors (Lipinski definition) is 3. The first-order valence-corrected chi connectivity index (χ1v) is 8.41. The lowest BCUT2D eigenvalue weighted by Crippen LogP contribution is -2.21. The van der Waals surface area contributed by atoms with E-state index in [1.165, 1.54) is 23.3 Å². The molecular formula is C20H20FN3O. The zero-order valence-corrected chi connectivity index (χ0v) is 14.1. The summed E-state index contributed by atoms with van der Waals surface area (Å²) in [5.74, 6) is 0.762. The molecule has 2 aromatic carbocycles. The Morgan fingerprint density at radius 1 is 1.20 bits per heavy atom. The first kappa shape index (κ1) is 15.8. The molecule has 25 heavy (non-hydrogen) atoms. The van der Waals surface area contributed by atoms with Crippen LogP contribution in [0.2, 0.25) is 0 Å². The van der Waals surface area contributed by atoms with Crippen LogP contribution in [0.5, 0.6) is 5.75 Å². The third-order valence-corrected chi connectivity index (χ3v) is 4.53. The van der Waals surface area contributed by atoms with Crippen molar-refractivity contribution in [1.82, 2.24) is 15.1 Å². The fourth-order valence-electron chi connectivity index (χ4n) is 3.24. The molecule has 1 atom stereocenters. The first-order valence-electron chi connectivity index (χ1n) is 8.41. The van der Waals surface area contributed by atoms with Gasteiger partial charge in [0.05, 0.1) is 18.8 Å². The monoisotopic (exact) mass is 337 g/mol. The quantitative estimate of drug-likeness (QED) is 0.776. The molecule has 4 nitrogen and oxygen atoms in total. The Labute approximate surface area is 146 Å². The van der Waals surface area contributed by atoms with Crippen LogP contribution in [-0.2, 0) is 20.0 Å². The van der Waals surface area contributed by atoms with Gasteiger partial charge >= 0.3 is 0 Å². The third-order valence-electron chi connectivity index (χ3n) is 4.53. The van der Waals surface area contributed by atoms with E-state index in [4.69, 9.17) is 4.74 Å². The summed E-state index contributed by atoms with van der Waals surface area (Å²) in [5, 5.41) is 7.84. The fraction of sp³-hybridized carbons (Fsp3) is 0.250. The molecule has 0 bridgehead atoms. The molecule has 4 rings (SSSR count). The Balaban J connectivity index is 1.57. The second kappa shape index (κ2) is 6.69. The second-order valence-corrected chi connectivity index (χ2v) is 6.35. The lowest BCUT2D eigenvalue weighted by atomic mass is 10.0. The molecule has 0 radical (unpaired) electrons. The molecule has 0 amide bonds. The van der Waals surface area contributed by atoms with E-state index in [9.17, 15) is 4.39 Å². The maximum Gasteiger partial charge on any atom is 0.123 e. The molecule has 3 aromatic rings. The molecule has 1 aliphatic heterocycles. The number of halogens is 1. The van der Waals surface area contributed by atoms with Crippen molar-refractivity contribution < 1.29 is 9.13 Å². The number of nitrogens with one attached hydrogen (secondary N) is 1. The minimum absolute atomic E-state index is 0.0428. The van der Waals surface area contributed by atoms with Crippen LogP contribution in [0.3, 0.4) is 0 Å². The molecule has 0 spiro atoms. The number of hydrogen-bond donors (Lipinski definition) is 1. The zero-order chi connectivity index (χ0) is 17.2. The fourth-order valence-corrected chi connectivity index (χ4v) is 3.24. The van der Waals surface area contributed by atoms with Crippen molar-refractivity contribution in [3.05, 3.63) is 82.9 Å². The molecule has 1 aliphatic rings. The summed E-state index contributed by atoms with van der Waals surface area (Å²) in [6, 6.07) is 12.9. The topological polar surface area (TPSA) is 39.1 Å². The Morgan fingerprint density at radius 2 is 2.04 bits per heavy atom. The van der Waals surface area contributed by atoms with Gasteiger partial charge in [-0.05, 0) is 34.9 Å². The van der Waals surface area contributed by atoms with E-state index >= 15 is 0 Å². The van der Waals surface area contributed by atoms with Gasteiger partial charge in [0, 0.05) is 31.8 Å². The number of ether oxygens (including phenoxy) is 1. The lowest BCUT2D eigenvalue weighted by Gasteiger charge is -2.18. The van der Waals surface area contributed by atoms with Crippen molar-refractivity contribution in [2.45, 2.75) is 19.0 Å². The standard InChI is InChI=1S/C20H20FN3O/c1-24-13-17(12-23-24)20(15-3-5-18(21)6-4-15)22-11-14-2-7-19-16(10-14)8-9-25-19/h2-7,10,12-13,20,22H,8-9,11H2,1H3/t20-/m0/s1. The molecule has 5 heteroatoms. The Hall–Kier alpha value is -2.66. The highest BCUT2D eigenvalue weighted by atomic mass is 19.1. The molecule has 1 aromatic heterocycles. The van der Waals surface area contributed by atoms with Gasteiger partial charge in [0.2, 0.25) is 0 Å². The van der Waals surface area contributed by atoms with E-state index < -0.39 is 0 Å². The molecule has 0 unspecified atom stereocenters. The SMILES string of the molecule is Cn1cc([C@@H](NCc2ccc3c(c2)CCO3)c2ccc(F)cc2)cn1. The van der Waals surface area contributed by atoms with Crippen molar-refractivity contribution in [2.24, 2.45) is 7.05 Å². The molecule has 0 saturated carbocycles. The summed E-state index contributed by atoms with van der Waals surface area (Å²) in [6.45, 7) is 1.48. The predicted octanol–water partition coefficient (Wildman–Crippen LogP) is 3.37. The summed E-state index contributed by atoms with van der Waals surface area (Å²) in [5.41, 5.74) is 4.54. The molecule has 128 valence electrons. The number of rotatable bonds is 5. The Morgan fingerprint density at radius 3 is 2.80 bits per heavy atom. The van der Waals surface area contributed by atoms with Crippen molar-refractivity contribution in [2.75, 3.05) is 6.61 Å². The van der Waals surface area contributed by atoms with Crippen LogP contribution in [0.1, 0.15) is 28.3 Å². The van der Waals surface area contributed by atoms with Gasteiger partial charge in [0.1, 0.15) is 11.6 Å². The molecule has 0 aliphatic carbocycles. The highest BCUT2D eigenvalue weighted by molar-refractivity contribution is 5.40. The summed E-state index contributed by atoms with van der Waals surface area (Å²) >= 11 is 0. The first-order chi connectivity index (χ1) is 12.2. The van der Waals surface area contributed by atoms with Crippen LogP contribution in [0, 0.1) is 5.82 Å². The van der Waals surface area contributed by atoms with Crippen LogP contribution in [0.25, 0.3) is 0 Å². The molecular weight excluding hydrogens is 317 g/mol. The van der Waals surface area contributed by atoms with Crippen LogP contribution >= 0.6 is 0 Å². The van der Waals surface area contributed by atoms with Gasteiger partial charge in [-0.25, -0.2) is 4.39 Å². The summed E-state index contributed by atoms with van der Waals surface area (Å²) in [4.78, 5) is 0. The number of aromatic nitrogens is 2. The van der Waals surface area contributed by atoms with Crippen LogP contribution in [-0.4, -0.2) is 16.4 Å². The van der Waals surface area contributed by atoms with Crippen molar-refractivity contribution in [3.63, 3.8) is 0 Å².